The minimum Gasteiger partial charge on any atom is -0.394 e. The molecular weight excluding hydrogens is 396 g/mol. The lowest BCUT2D eigenvalue weighted by Crippen LogP contribution is -2.49. The van der Waals surface area contributed by atoms with Crippen molar-refractivity contribution in [2.75, 3.05) is 39.6 Å². The van der Waals surface area contributed by atoms with Crippen molar-refractivity contribution in [2.45, 2.75) is 41.5 Å². The fourth-order valence-corrected chi connectivity index (χ4v) is 8.55. The lowest BCUT2D eigenvalue weighted by atomic mass is 10.3. The van der Waals surface area contributed by atoms with Crippen LogP contribution in [-0.2, 0) is 26.6 Å². The van der Waals surface area contributed by atoms with Crippen molar-refractivity contribution in [3.63, 3.8) is 0 Å². The van der Waals surface area contributed by atoms with Crippen LogP contribution < -0.4 is 15.6 Å². The van der Waals surface area contributed by atoms with Gasteiger partial charge in [0.15, 0.2) is 0 Å². The highest BCUT2D eigenvalue weighted by molar-refractivity contribution is 6.68. The summed E-state index contributed by atoms with van der Waals surface area (Å²) in [5, 5.41) is 3.29. The molecule has 0 spiro atoms. The first-order valence-electron chi connectivity index (χ1n) is 9.99. The molecule has 27 heavy (non-hydrogen) atoms. The normalized spacial score (nSPS) is 11.9. The van der Waals surface area contributed by atoms with Gasteiger partial charge in [-0.1, -0.05) is 18.2 Å². The van der Waals surface area contributed by atoms with Crippen molar-refractivity contribution in [2.24, 2.45) is 0 Å². The Bertz CT molecular complexity index is 418. The van der Waals surface area contributed by atoms with Crippen LogP contribution in [0.2, 0.25) is 0 Å². The van der Waals surface area contributed by atoms with Gasteiger partial charge in [-0.2, -0.15) is 0 Å². The Balaban J connectivity index is 3.38. The minimum atomic E-state index is -1.99. The zero-order chi connectivity index (χ0) is 20.1. The van der Waals surface area contributed by atoms with Gasteiger partial charge in [0, 0.05) is 39.6 Å². The van der Waals surface area contributed by atoms with E-state index in [2.05, 4.69) is 18.2 Å². The fraction of sp³-hybridized carbons (Fsp3) is 0.667. The molecule has 0 heterocycles. The molecule has 0 atom stereocenters. The van der Waals surface area contributed by atoms with E-state index < -0.39 is 27.9 Å². The van der Waals surface area contributed by atoms with Crippen molar-refractivity contribution in [1.82, 2.24) is 0 Å². The Kier molecular flexibility index (Phi) is 13.3. The molecule has 0 amide bonds. The number of hydrogen-bond donors (Lipinski definition) is 0. The van der Waals surface area contributed by atoms with E-state index in [4.69, 9.17) is 26.6 Å². The molecule has 0 aliphatic rings. The Labute approximate surface area is 169 Å². The molecule has 9 heteroatoms. The summed E-state index contributed by atoms with van der Waals surface area (Å²) in [6.07, 6.45) is 0. The van der Waals surface area contributed by atoms with Crippen molar-refractivity contribution in [3.05, 3.63) is 18.2 Å². The predicted octanol–water partition coefficient (Wildman–Crippen LogP) is 0.188. The van der Waals surface area contributed by atoms with Crippen LogP contribution in [-0.4, -0.2) is 67.5 Å². The molecule has 0 aliphatic carbocycles. The van der Waals surface area contributed by atoms with Crippen molar-refractivity contribution < 1.29 is 26.6 Å². The third-order valence-corrected chi connectivity index (χ3v) is 10.2. The first-order valence-corrected chi connectivity index (χ1v) is 14.5. The Morgan fingerprint density at radius 1 is 0.444 bits per heavy atom. The first kappa shape index (κ1) is 24.7. The van der Waals surface area contributed by atoms with Gasteiger partial charge in [-0.05, 0) is 57.1 Å². The SMILES string of the molecule is CCO[SiH](OCC)c1cc([SiH](OCC)OCC)cc([SiH](OCC)OCC)c1. The van der Waals surface area contributed by atoms with Gasteiger partial charge in [-0.3, -0.25) is 0 Å². The fourth-order valence-electron chi connectivity index (χ4n) is 2.74. The zero-order valence-corrected chi connectivity index (χ0v) is 21.1. The maximum Gasteiger partial charge on any atom is 0.355 e. The van der Waals surface area contributed by atoms with Crippen molar-refractivity contribution in [3.8, 4) is 0 Å². The molecule has 0 aromatic heterocycles. The van der Waals surface area contributed by atoms with Gasteiger partial charge in [0.05, 0.1) is 0 Å². The minimum absolute atomic E-state index is 0.631. The van der Waals surface area contributed by atoms with Crippen LogP contribution in [0.1, 0.15) is 41.5 Å². The molecule has 0 bridgehead atoms. The van der Waals surface area contributed by atoms with Gasteiger partial charge in [-0.15, -0.1) is 0 Å². The van der Waals surface area contributed by atoms with E-state index in [1.54, 1.807) is 0 Å². The third-order valence-electron chi connectivity index (χ3n) is 3.72. The van der Waals surface area contributed by atoms with Crippen LogP contribution >= 0.6 is 0 Å². The number of rotatable bonds is 15. The van der Waals surface area contributed by atoms with Crippen LogP contribution in [0.3, 0.4) is 0 Å². The van der Waals surface area contributed by atoms with E-state index in [9.17, 15) is 0 Å². The lowest BCUT2D eigenvalue weighted by Gasteiger charge is -2.22. The van der Waals surface area contributed by atoms with Gasteiger partial charge in [0.1, 0.15) is 0 Å². The molecule has 0 unspecified atom stereocenters. The number of benzene rings is 1. The van der Waals surface area contributed by atoms with E-state index in [1.165, 1.54) is 0 Å². The summed E-state index contributed by atoms with van der Waals surface area (Å²) in [7, 11) is -5.96. The molecule has 1 rings (SSSR count). The van der Waals surface area contributed by atoms with Crippen LogP contribution in [0, 0.1) is 0 Å². The average molecular weight is 433 g/mol. The third kappa shape index (κ3) is 8.26. The van der Waals surface area contributed by atoms with Gasteiger partial charge < -0.3 is 26.6 Å². The largest absolute Gasteiger partial charge is 0.394 e. The second kappa shape index (κ2) is 14.6. The van der Waals surface area contributed by atoms with E-state index in [0.29, 0.717) is 39.6 Å². The molecule has 0 radical (unpaired) electrons. The molecule has 0 aliphatic heterocycles. The Morgan fingerprint density at radius 3 is 0.778 bits per heavy atom. The molecule has 1 aromatic carbocycles. The highest BCUT2D eigenvalue weighted by atomic mass is 28.3. The second-order valence-electron chi connectivity index (χ2n) is 5.66. The van der Waals surface area contributed by atoms with Gasteiger partial charge in [-0.25, -0.2) is 0 Å². The molecule has 0 fully saturated rings. The zero-order valence-electron chi connectivity index (χ0n) is 17.7. The summed E-state index contributed by atoms with van der Waals surface area (Å²) in [6, 6.07) is 6.45. The Morgan fingerprint density at radius 2 is 0.630 bits per heavy atom. The van der Waals surface area contributed by atoms with E-state index in [0.717, 1.165) is 15.6 Å². The smallest absolute Gasteiger partial charge is 0.355 e. The summed E-state index contributed by atoms with van der Waals surface area (Å²) in [5.74, 6) is 0. The monoisotopic (exact) mass is 432 g/mol. The summed E-state index contributed by atoms with van der Waals surface area (Å²) in [4.78, 5) is 0. The molecule has 6 nitrogen and oxygen atoms in total. The van der Waals surface area contributed by atoms with Crippen molar-refractivity contribution in [1.29, 1.82) is 0 Å². The Hall–Kier alpha value is -0.369. The topological polar surface area (TPSA) is 55.4 Å². The molecular formula is C18H36O6Si3. The molecule has 0 saturated heterocycles. The van der Waals surface area contributed by atoms with Crippen molar-refractivity contribution >= 4 is 43.4 Å². The van der Waals surface area contributed by atoms with Gasteiger partial charge in [0.25, 0.3) is 0 Å². The highest BCUT2D eigenvalue weighted by Crippen LogP contribution is 1.99. The van der Waals surface area contributed by atoms with Gasteiger partial charge in [0.2, 0.25) is 0 Å². The standard InChI is InChI=1S/C18H36O6Si3/c1-7-19-25(20-8-2)16-13-17(26(21-9-3)22-10-4)15-18(14-16)27(23-11-5)24-12-6/h13-15,25-27H,7-12H2,1-6H3. The molecule has 1 aromatic rings. The first-order chi connectivity index (χ1) is 13.1. The highest BCUT2D eigenvalue weighted by Gasteiger charge is 2.26. The molecule has 0 saturated carbocycles. The predicted molar refractivity (Wildman–Crippen MR) is 117 cm³/mol. The molecule has 156 valence electrons. The maximum absolute atomic E-state index is 5.96. The van der Waals surface area contributed by atoms with Crippen LogP contribution in [0.5, 0.6) is 0 Å². The van der Waals surface area contributed by atoms with Gasteiger partial charge >= 0.3 is 27.9 Å². The van der Waals surface area contributed by atoms with E-state index in [-0.39, 0.29) is 0 Å². The second-order valence-corrected chi connectivity index (χ2v) is 11.7. The summed E-state index contributed by atoms with van der Waals surface area (Å²) >= 11 is 0. The molecule has 0 N–H and O–H groups in total. The van der Waals surface area contributed by atoms with E-state index in [1.807, 2.05) is 41.5 Å². The van der Waals surface area contributed by atoms with E-state index >= 15 is 0 Å². The number of hydrogen-bond acceptors (Lipinski definition) is 6. The maximum atomic E-state index is 5.96. The summed E-state index contributed by atoms with van der Waals surface area (Å²) in [6.45, 7) is 15.8. The van der Waals surface area contributed by atoms with Crippen LogP contribution in [0.25, 0.3) is 0 Å². The lowest BCUT2D eigenvalue weighted by molar-refractivity contribution is 0.224. The summed E-state index contributed by atoms with van der Waals surface area (Å²) < 4.78 is 35.8. The van der Waals surface area contributed by atoms with Crippen LogP contribution in [0.15, 0.2) is 18.2 Å². The quantitative estimate of drug-likeness (QED) is 0.369. The van der Waals surface area contributed by atoms with Crippen LogP contribution in [0.4, 0.5) is 0 Å². The summed E-state index contributed by atoms with van der Waals surface area (Å²) in [5.41, 5.74) is 0. The average Bonchev–Trinajstić information content (AvgIpc) is 2.67.